The quantitative estimate of drug-likeness (QED) is 0.449. The monoisotopic (exact) mass is 404 g/mol. The summed E-state index contributed by atoms with van der Waals surface area (Å²) in [4.78, 5) is 0. The van der Waals surface area contributed by atoms with Crippen LogP contribution in [0.25, 0.3) is 0 Å². The first-order valence-corrected chi connectivity index (χ1v) is 7.02. The zero-order valence-corrected chi connectivity index (χ0v) is 12.1. The molecule has 0 aliphatic heterocycles. The first-order chi connectivity index (χ1) is 10.6. The van der Waals surface area contributed by atoms with Crippen molar-refractivity contribution in [2.24, 2.45) is 0 Å². The van der Waals surface area contributed by atoms with Crippen molar-refractivity contribution in [2.75, 3.05) is 25.6 Å². The lowest BCUT2D eigenvalue weighted by atomic mass is 10.3. The molecule has 146 valence electrons. The second-order valence-corrected chi connectivity index (χ2v) is 5.61. The van der Waals surface area contributed by atoms with Gasteiger partial charge < -0.3 is 9.84 Å². The summed E-state index contributed by atoms with van der Waals surface area (Å²) in [6, 6.07) is 0. The number of halogens is 10. The van der Waals surface area contributed by atoms with Crippen LogP contribution in [0.15, 0.2) is 0 Å². The summed E-state index contributed by atoms with van der Waals surface area (Å²) < 4.78 is 142. The van der Waals surface area contributed by atoms with Gasteiger partial charge in [0.1, 0.15) is 0 Å². The molecule has 0 amide bonds. The second kappa shape index (κ2) is 8.14. The molecule has 2 atom stereocenters. The topological polar surface area (TPSA) is 55.8 Å². The van der Waals surface area contributed by atoms with E-state index < -0.39 is 66.2 Å². The smallest absolute Gasteiger partial charge is 0.394 e. The second-order valence-electron chi connectivity index (χ2n) is 3.97. The third-order valence-corrected chi connectivity index (χ3v) is 3.52. The lowest BCUT2D eigenvalue weighted by Gasteiger charge is -2.30. The predicted molar refractivity (Wildman–Crippen MR) is 57.8 cm³/mol. The fraction of sp³-hybridized carbons (Fsp3) is 1.00. The summed E-state index contributed by atoms with van der Waals surface area (Å²) in [5.74, 6) is -8.16. The first kappa shape index (κ1) is 23.3. The summed E-state index contributed by atoms with van der Waals surface area (Å²) in [7, 11) is -3.65. The van der Waals surface area contributed by atoms with E-state index in [0.717, 1.165) is 0 Å². The zero-order valence-electron chi connectivity index (χ0n) is 11.3. The standard InChI is InChI=1S/C9H10F10O4S/c10-5(6(11,12)24(21)4-3-22-2-1-20)23-9(18,19)7(13,14)8(15,16)17/h5,20H,1-4H2. The maximum absolute atomic E-state index is 13.2. The normalized spacial score (nSPS) is 17.0. The molecular formula is C9H10F10O4S. The molecule has 0 saturated carbocycles. The molecule has 1 N–H and O–H groups in total. The van der Waals surface area contributed by atoms with E-state index in [1.807, 2.05) is 0 Å². The third-order valence-electron chi connectivity index (χ3n) is 2.19. The molecule has 15 heteroatoms. The molecule has 4 nitrogen and oxygen atoms in total. The fourth-order valence-corrected chi connectivity index (χ4v) is 1.77. The summed E-state index contributed by atoms with van der Waals surface area (Å²) in [5.41, 5.74) is 0. The van der Waals surface area contributed by atoms with Crippen molar-refractivity contribution in [2.45, 2.75) is 29.8 Å². The van der Waals surface area contributed by atoms with Crippen LogP contribution in [0.2, 0.25) is 0 Å². The van der Waals surface area contributed by atoms with Gasteiger partial charge in [-0.15, -0.1) is 0 Å². The Balaban J connectivity index is 5.00. The van der Waals surface area contributed by atoms with E-state index in [-0.39, 0.29) is 0 Å². The lowest BCUT2D eigenvalue weighted by molar-refractivity contribution is -0.446. The van der Waals surface area contributed by atoms with Gasteiger partial charge in [0.25, 0.3) is 6.36 Å². The van der Waals surface area contributed by atoms with Crippen molar-refractivity contribution in [3.63, 3.8) is 0 Å². The van der Waals surface area contributed by atoms with Crippen molar-refractivity contribution < 1.29 is 62.7 Å². The molecule has 0 rings (SSSR count). The Kier molecular flexibility index (Phi) is 7.91. The van der Waals surface area contributed by atoms with Crippen LogP contribution in [-0.4, -0.2) is 64.7 Å². The van der Waals surface area contributed by atoms with Gasteiger partial charge in [-0.25, -0.2) is 4.39 Å². The lowest BCUT2D eigenvalue weighted by Crippen LogP contribution is -2.56. The molecule has 0 aliphatic carbocycles. The maximum atomic E-state index is 13.2. The number of hydrogen-bond donors (Lipinski definition) is 1. The van der Waals surface area contributed by atoms with Crippen LogP contribution >= 0.6 is 0 Å². The fourth-order valence-electron chi connectivity index (χ4n) is 0.978. The maximum Gasteiger partial charge on any atom is 0.462 e. The molecule has 0 saturated heterocycles. The molecule has 2 unspecified atom stereocenters. The minimum absolute atomic E-state index is 0.395. The van der Waals surface area contributed by atoms with E-state index in [1.165, 1.54) is 0 Å². The Morgan fingerprint density at radius 3 is 1.88 bits per heavy atom. The predicted octanol–water partition coefficient (Wildman–Crippen LogP) is 2.44. The Hall–Kier alpha value is -0.670. The summed E-state index contributed by atoms with van der Waals surface area (Å²) >= 11 is 0. The van der Waals surface area contributed by atoms with Crippen molar-refractivity contribution in [3.05, 3.63) is 0 Å². The molecule has 24 heavy (non-hydrogen) atoms. The summed E-state index contributed by atoms with van der Waals surface area (Å²) in [6.45, 7) is -1.73. The Morgan fingerprint density at radius 2 is 1.46 bits per heavy atom. The SMILES string of the molecule is O=S(CCOCCO)C(F)(F)C(F)OC(F)(F)C(F)(F)C(F)(F)F. The van der Waals surface area contributed by atoms with Gasteiger partial charge in [0.05, 0.1) is 36.4 Å². The molecular weight excluding hydrogens is 394 g/mol. The van der Waals surface area contributed by atoms with E-state index in [2.05, 4.69) is 9.47 Å². The van der Waals surface area contributed by atoms with Gasteiger partial charge in [-0.3, -0.25) is 8.95 Å². The third kappa shape index (κ3) is 5.42. The van der Waals surface area contributed by atoms with Crippen LogP contribution in [-0.2, 0) is 20.3 Å². The highest BCUT2D eigenvalue weighted by Crippen LogP contribution is 2.48. The van der Waals surface area contributed by atoms with Crippen LogP contribution in [0.4, 0.5) is 43.9 Å². The van der Waals surface area contributed by atoms with Crippen LogP contribution in [0.3, 0.4) is 0 Å². The van der Waals surface area contributed by atoms with E-state index >= 15 is 0 Å². The number of ether oxygens (including phenoxy) is 2. The molecule has 0 bridgehead atoms. The Morgan fingerprint density at radius 1 is 0.958 bits per heavy atom. The van der Waals surface area contributed by atoms with Gasteiger partial charge in [0.15, 0.2) is 0 Å². The van der Waals surface area contributed by atoms with E-state index in [9.17, 15) is 48.1 Å². The first-order valence-electron chi connectivity index (χ1n) is 5.70. The largest absolute Gasteiger partial charge is 0.462 e. The Labute approximate surface area is 130 Å². The van der Waals surface area contributed by atoms with Crippen molar-refractivity contribution >= 4 is 10.8 Å². The van der Waals surface area contributed by atoms with Crippen molar-refractivity contribution in [1.82, 2.24) is 0 Å². The van der Waals surface area contributed by atoms with Gasteiger partial charge >= 0.3 is 23.5 Å². The number of rotatable bonds is 10. The van der Waals surface area contributed by atoms with E-state index in [1.54, 1.807) is 0 Å². The highest BCUT2D eigenvalue weighted by Gasteiger charge is 2.76. The van der Waals surface area contributed by atoms with Crippen molar-refractivity contribution in [3.8, 4) is 0 Å². The molecule has 0 aliphatic rings. The number of aliphatic hydroxyl groups excluding tert-OH is 1. The Bertz CT molecular complexity index is 427. The average Bonchev–Trinajstić information content (AvgIpc) is 2.41. The highest BCUT2D eigenvalue weighted by molar-refractivity contribution is 7.86. The van der Waals surface area contributed by atoms with Crippen LogP contribution < -0.4 is 0 Å². The van der Waals surface area contributed by atoms with E-state index in [0.29, 0.717) is 0 Å². The summed E-state index contributed by atoms with van der Waals surface area (Å²) in [6.07, 6.45) is -18.3. The molecule has 0 heterocycles. The molecule has 0 aromatic carbocycles. The van der Waals surface area contributed by atoms with Gasteiger partial charge in [0.2, 0.25) is 0 Å². The zero-order chi connectivity index (χ0) is 19.4. The minimum atomic E-state index is -6.97. The molecule has 0 radical (unpaired) electrons. The van der Waals surface area contributed by atoms with E-state index in [4.69, 9.17) is 5.11 Å². The van der Waals surface area contributed by atoms with Gasteiger partial charge in [-0.1, -0.05) is 0 Å². The summed E-state index contributed by atoms with van der Waals surface area (Å²) in [5, 5.41) is 2.95. The number of alkyl halides is 10. The van der Waals surface area contributed by atoms with Gasteiger partial charge in [-0.05, 0) is 0 Å². The molecule has 0 aromatic heterocycles. The molecule has 0 fully saturated rings. The average molecular weight is 404 g/mol. The highest BCUT2D eigenvalue weighted by atomic mass is 32.2. The van der Waals surface area contributed by atoms with Gasteiger partial charge in [0, 0.05) is 0 Å². The van der Waals surface area contributed by atoms with Crippen LogP contribution in [0, 0.1) is 0 Å². The minimum Gasteiger partial charge on any atom is -0.394 e. The van der Waals surface area contributed by atoms with Crippen molar-refractivity contribution in [1.29, 1.82) is 0 Å². The number of hydrogen-bond acceptors (Lipinski definition) is 4. The van der Waals surface area contributed by atoms with Crippen LogP contribution in [0.5, 0.6) is 0 Å². The molecule has 0 spiro atoms. The van der Waals surface area contributed by atoms with Crippen LogP contribution in [0.1, 0.15) is 0 Å². The molecule has 0 aromatic rings. The van der Waals surface area contributed by atoms with Gasteiger partial charge in [-0.2, -0.15) is 39.5 Å². The number of aliphatic hydroxyl groups is 1.